The van der Waals surface area contributed by atoms with Crippen LogP contribution in [0.4, 0.5) is 13.2 Å². The summed E-state index contributed by atoms with van der Waals surface area (Å²) in [4.78, 5) is 10.4. The Morgan fingerprint density at radius 3 is 2.56 bits per heavy atom. The molecule has 0 fully saturated rings. The van der Waals surface area contributed by atoms with E-state index in [4.69, 9.17) is 10.4 Å². The first kappa shape index (κ1) is 12.0. The molecule has 1 rings (SSSR count). The third-order valence-corrected chi connectivity index (χ3v) is 1.90. The highest BCUT2D eigenvalue weighted by atomic mass is 19.3. The molecule has 0 spiro atoms. The Balaban J connectivity index is 3.37. The first-order chi connectivity index (χ1) is 7.45. The van der Waals surface area contributed by atoms with Gasteiger partial charge in [-0.1, -0.05) is 0 Å². The number of carbonyl (C=O) groups is 1. The summed E-state index contributed by atoms with van der Waals surface area (Å²) in [7, 11) is 0. The number of hydrogen-bond acceptors (Lipinski definition) is 2. The van der Waals surface area contributed by atoms with Crippen LogP contribution in [0.1, 0.15) is 23.1 Å². The highest BCUT2D eigenvalue weighted by molar-refractivity contribution is 5.71. The monoisotopic (exact) mass is 229 g/mol. The SMILES string of the molecule is N#Cc1c(CC(=O)O)cc(F)cc1C(F)F. The average Bonchev–Trinajstić information content (AvgIpc) is 2.15. The molecule has 1 aromatic carbocycles. The summed E-state index contributed by atoms with van der Waals surface area (Å²) in [5, 5.41) is 17.1. The second-order valence-corrected chi connectivity index (χ2v) is 3.01. The summed E-state index contributed by atoms with van der Waals surface area (Å²) in [6.45, 7) is 0. The highest BCUT2D eigenvalue weighted by Gasteiger charge is 2.19. The number of benzene rings is 1. The molecule has 0 unspecified atom stereocenters. The molecule has 0 saturated carbocycles. The Labute approximate surface area is 88.7 Å². The number of carboxylic acids is 1. The van der Waals surface area contributed by atoms with E-state index in [9.17, 15) is 18.0 Å². The molecule has 0 bridgehead atoms. The lowest BCUT2D eigenvalue weighted by Crippen LogP contribution is -2.05. The minimum Gasteiger partial charge on any atom is -0.481 e. The van der Waals surface area contributed by atoms with Crippen molar-refractivity contribution in [2.24, 2.45) is 0 Å². The van der Waals surface area contributed by atoms with E-state index in [1.54, 1.807) is 0 Å². The molecule has 6 heteroatoms. The molecular weight excluding hydrogens is 223 g/mol. The fourth-order valence-electron chi connectivity index (χ4n) is 1.30. The van der Waals surface area contributed by atoms with Gasteiger partial charge < -0.3 is 5.11 Å². The number of halogens is 3. The van der Waals surface area contributed by atoms with Crippen LogP contribution in [0.3, 0.4) is 0 Å². The zero-order valence-corrected chi connectivity index (χ0v) is 7.88. The summed E-state index contributed by atoms with van der Waals surface area (Å²) in [6, 6.07) is 2.78. The smallest absolute Gasteiger partial charge is 0.307 e. The Morgan fingerprint density at radius 1 is 1.50 bits per heavy atom. The van der Waals surface area contributed by atoms with Gasteiger partial charge in [-0.3, -0.25) is 4.79 Å². The van der Waals surface area contributed by atoms with Gasteiger partial charge in [0, 0.05) is 5.56 Å². The molecule has 0 heterocycles. The van der Waals surface area contributed by atoms with Crippen LogP contribution in [0.25, 0.3) is 0 Å². The Kier molecular flexibility index (Phi) is 3.51. The van der Waals surface area contributed by atoms with Gasteiger partial charge in [-0.25, -0.2) is 13.2 Å². The maximum atomic E-state index is 12.9. The fourth-order valence-corrected chi connectivity index (χ4v) is 1.30. The van der Waals surface area contributed by atoms with E-state index in [-0.39, 0.29) is 5.56 Å². The molecule has 0 saturated heterocycles. The number of aliphatic carboxylic acids is 1. The van der Waals surface area contributed by atoms with E-state index >= 15 is 0 Å². The number of hydrogen-bond donors (Lipinski definition) is 1. The lowest BCUT2D eigenvalue weighted by molar-refractivity contribution is -0.136. The zero-order chi connectivity index (χ0) is 12.3. The van der Waals surface area contributed by atoms with Gasteiger partial charge in [0.1, 0.15) is 5.82 Å². The van der Waals surface area contributed by atoms with E-state index in [0.717, 1.165) is 6.07 Å². The third kappa shape index (κ3) is 2.51. The van der Waals surface area contributed by atoms with Crippen molar-refractivity contribution < 1.29 is 23.1 Å². The summed E-state index contributed by atoms with van der Waals surface area (Å²) < 4.78 is 37.8. The highest BCUT2D eigenvalue weighted by Crippen LogP contribution is 2.26. The molecular formula is C10H6F3NO2. The first-order valence-corrected chi connectivity index (χ1v) is 4.18. The normalized spacial score (nSPS) is 10.2. The van der Waals surface area contributed by atoms with E-state index in [1.807, 2.05) is 0 Å². The van der Waals surface area contributed by atoms with Gasteiger partial charge in [0.25, 0.3) is 6.43 Å². The number of nitrogens with zero attached hydrogens (tertiary/aromatic N) is 1. The predicted octanol–water partition coefficient (Wildman–Crippen LogP) is 2.26. The molecule has 0 atom stereocenters. The van der Waals surface area contributed by atoms with Crippen molar-refractivity contribution in [1.82, 2.24) is 0 Å². The number of alkyl halides is 2. The van der Waals surface area contributed by atoms with Crippen molar-refractivity contribution >= 4 is 5.97 Å². The van der Waals surface area contributed by atoms with Gasteiger partial charge in [-0.05, 0) is 17.7 Å². The van der Waals surface area contributed by atoms with Crippen LogP contribution < -0.4 is 0 Å². The van der Waals surface area contributed by atoms with Crippen molar-refractivity contribution in [3.05, 3.63) is 34.6 Å². The summed E-state index contributed by atoms with van der Waals surface area (Å²) >= 11 is 0. The lowest BCUT2D eigenvalue weighted by atomic mass is 9.99. The molecule has 16 heavy (non-hydrogen) atoms. The van der Waals surface area contributed by atoms with Gasteiger partial charge in [0.15, 0.2) is 0 Å². The van der Waals surface area contributed by atoms with Crippen LogP contribution in [0.5, 0.6) is 0 Å². The van der Waals surface area contributed by atoms with Crippen molar-refractivity contribution in [3.63, 3.8) is 0 Å². The second kappa shape index (κ2) is 4.66. The van der Waals surface area contributed by atoms with Crippen LogP contribution in [-0.4, -0.2) is 11.1 Å². The Bertz CT molecular complexity index is 466. The third-order valence-electron chi connectivity index (χ3n) is 1.90. The summed E-state index contributed by atoms with van der Waals surface area (Å²) in [5.41, 5.74) is -1.50. The standard InChI is InChI=1S/C10H6F3NO2/c11-6-1-5(2-9(15)16)8(4-14)7(3-6)10(12)13/h1,3,10H,2H2,(H,15,16). The van der Waals surface area contributed by atoms with Crippen LogP contribution in [-0.2, 0) is 11.2 Å². The number of carboxylic acid groups (broad SMARTS) is 1. The largest absolute Gasteiger partial charge is 0.481 e. The van der Waals surface area contributed by atoms with Crippen LogP contribution >= 0.6 is 0 Å². The fraction of sp³-hybridized carbons (Fsp3) is 0.200. The van der Waals surface area contributed by atoms with Crippen molar-refractivity contribution in [1.29, 1.82) is 5.26 Å². The average molecular weight is 229 g/mol. The first-order valence-electron chi connectivity index (χ1n) is 4.18. The summed E-state index contributed by atoms with van der Waals surface area (Å²) in [5.74, 6) is -2.30. The Hall–Kier alpha value is -2.03. The molecule has 0 radical (unpaired) electrons. The lowest BCUT2D eigenvalue weighted by Gasteiger charge is -2.07. The van der Waals surface area contributed by atoms with Crippen molar-refractivity contribution in [2.75, 3.05) is 0 Å². The van der Waals surface area contributed by atoms with Gasteiger partial charge in [0.05, 0.1) is 18.1 Å². The molecule has 3 nitrogen and oxygen atoms in total. The van der Waals surface area contributed by atoms with Gasteiger partial charge in [-0.2, -0.15) is 5.26 Å². The minimum atomic E-state index is -3.02. The Morgan fingerprint density at radius 2 is 2.12 bits per heavy atom. The second-order valence-electron chi connectivity index (χ2n) is 3.01. The molecule has 0 aliphatic carbocycles. The van der Waals surface area contributed by atoms with E-state index < -0.39 is 35.8 Å². The van der Waals surface area contributed by atoms with Crippen LogP contribution in [0.15, 0.2) is 12.1 Å². The number of nitriles is 1. The summed E-state index contributed by atoms with van der Waals surface area (Å²) in [6.07, 6.45) is -3.68. The van der Waals surface area contributed by atoms with E-state index in [1.165, 1.54) is 6.07 Å². The van der Waals surface area contributed by atoms with Crippen LogP contribution in [0, 0.1) is 17.1 Å². The van der Waals surface area contributed by atoms with E-state index in [2.05, 4.69) is 0 Å². The maximum absolute atomic E-state index is 12.9. The molecule has 1 aromatic rings. The minimum absolute atomic E-state index is 0.245. The van der Waals surface area contributed by atoms with Crippen LogP contribution in [0.2, 0.25) is 0 Å². The molecule has 0 aliphatic rings. The van der Waals surface area contributed by atoms with Gasteiger partial charge >= 0.3 is 5.97 Å². The zero-order valence-electron chi connectivity index (χ0n) is 7.88. The van der Waals surface area contributed by atoms with Gasteiger partial charge in [0.2, 0.25) is 0 Å². The molecule has 84 valence electrons. The molecule has 0 aromatic heterocycles. The predicted molar refractivity (Wildman–Crippen MR) is 47.4 cm³/mol. The van der Waals surface area contributed by atoms with Gasteiger partial charge in [-0.15, -0.1) is 0 Å². The molecule has 0 aliphatic heterocycles. The quantitative estimate of drug-likeness (QED) is 0.864. The molecule has 0 amide bonds. The molecule has 1 N–H and O–H groups in total. The number of rotatable bonds is 3. The maximum Gasteiger partial charge on any atom is 0.307 e. The van der Waals surface area contributed by atoms with Crippen molar-refractivity contribution in [3.8, 4) is 6.07 Å². The topological polar surface area (TPSA) is 61.1 Å². The van der Waals surface area contributed by atoms with Crippen molar-refractivity contribution in [2.45, 2.75) is 12.8 Å². The van der Waals surface area contributed by atoms with E-state index in [0.29, 0.717) is 6.07 Å².